The Bertz CT molecular complexity index is 732. The molecular formula is C14H12N2O2. The van der Waals surface area contributed by atoms with Gasteiger partial charge in [-0.15, -0.1) is 0 Å². The van der Waals surface area contributed by atoms with E-state index in [0.717, 1.165) is 22.2 Å². The Morgan fingerprint density at radius 3 is 2.67 bits per heavy atom. The molecule has 0 atom stereocenters. The first-order valence-electron chi connectivity index (χ1n) is 5.62. The summed E-state index contributed by atoms with van der Waals surface area (Å²) in [7, 11) is 0. The Labute approximate surface area is 104 Å². The van der Waals surface area contributed by atoms with Crippen LogP contribution in [0.15, 0.2) is 36.4 Å². The van der Waals surface area contributed by atoms with E-state index in [4.69, 9.17) is 0 Å². The van der Waals surface area contributed by atoms with Crippen LogP contribution in [0, 0.1) is 6.92 Å². The Kier molecular flexibility index (Phi) is 2.23. The van der Waals surface area contributed by atoms with Crippen LogP contribution in [0.5, 0.6) is 11.5 Å². The van der Waals surface area contributed by atoms with Crippen molar-refractivity contribution in [2.45, 2.75) is 6.92 Å². The predicted molar refractivity (Wildman–Crippen MR) is 69.6 cm³/mol. The number of aromatic nitrogens is 2. The molecule has 0 bridgehead atoms. The van der Waals surface area contributed by atoms with Crippen molar-refractivity contribution < 1.29 is 10.2 Å². The molecule has 18 heavy (non-hydrogen) atoms. The molecule has 0 fully saturated rings. The third-order valence-electron chi connectivity index (χ3n) is 2.95. The molecule has 3 rings (SSSR count). The molecule has 90 valence electrons. The van der Waals surface area contributed by atoms with Crippen LogP contribution in [0.3, 0.4) is 0 Å². The van der Waals surface area contributed by atoms with Crippen molar-refractivity contribution >= 4 is 11.0 Å². The molecule has 3 N–H and O–H groups in total. The number of nitrogens with zero attached hydrogens (tertiary/aromatic N) is 1. The van der Waals surface area contributed by atoms with E-state index in [9.17, 15) is 10.2 Å². The van der Waals surface area contributed by atoms with Crippen molar-refractivity contribution in [3.8, 4) is 22.9 Å². The molecule has 2 aromatic carbocycles. The van der Waals surface area contributed by atoms with Gasteiger partial charge < -0.3 is 15.2 Å². The number of fused-ring (bicyclic) bond motifs is 1. The molecule has 3 aromatic rings. The third-order valence-corrected chi connectivity index (χ3v) is 2.95. The summed E-state index contributed by atoms with van der Waals surface area (Å²) in [5.74, 6) is 1.12. The van der Waals surface area contributed by atoms with Crippen LogP contribution in [0.25, 0.3) is 22.4 Å². The van der Waals surface area contributed by atoms with Gasteiger partial charge in [-0.25, -0.2) is 4.98 Å². The highest BCUT2D eigenvalue weighted by atomic mass is 16.3. The summed E-state index contributed by atoms with van der Waals surface area (Å²) in [4.78, 5) is 7.53. The van der Waals surface area contributed by atoms with E-state index in [1.807, 2.05) is 19.1 Å². The topological polar surface area (TPSA) is 69.1 Å². The third kappa shape index (κ3) is 1.68. The summed E-state index contributed by atoms with van der Waals surface area (Å²) in [5.41, 5.74) is 3.19. The van der Waals surface area contributed by atoms with Gasteiger partial charge in [-0.2, -0.15) is 0 Å². The highest BCUT2D eigenvalue weighted by Crippen LogP contribution is 2.26. The molecule has 0 unspecified atom stereocenters. The summed E-state index contributed by atoms with van der Waals surface area (Å²) < 4.78 is 0. The van der Waals surface area contributed by atoms with Crippen LogP contribution in [0.1, 0.15) is 5.56 Å². The van der Waals surface area contributed by atoms with Gasteiger partial charge >= 0.3 is 0 Å². The lowest BCUT2D eigenvalue weighted by Crippen LogP contribution is -1.81. The number of nitrogens with one attached hydrogen (secondary N) is 1. The number of phenolic OH excluding ortho intramolecular Hbond substituents is 2. The molecule has 0 aliphatic rings. The van der Waals surface area contributed by atoms with Crippen molar-refractivity contribution in [1.82, 2.24) is 9.97 Å². The number of aromatic hydroxyl groups is 2. The molecule has 4 heteroatoms. The van der Waals surface area contributed by atoms with Crippen molar-refractivity contribution in [1.29, 1.82) is 0 Å². The smallest absolute Gasteiger partial charge is 0.138 e. The monoisotopic (exact) mass is 240 g/mol. The van der Waals surface area contributed by atoms with Crippen molar-refractivity contribution in [2.24, 2.45) is 0 Å². The normalized spacial score (nSPS) is 10.9. The molecule has 0 amide bonds. The fraction of sp³-hybridized carbons (Fsp3) is 0.0714. The van der Waals surface area contributed by atoms with E-state index in [1.54, 1.807) is 24.3 Å². The van der Waals surface area contributed by atoms with Gasteiger partial charge in [-0.1, -0.05) is 12.1 Å². The minimum absolute atomic E-state index is 0.199. The second-order valence-electron chi connectivity index (χ2n) is 4.29. The number of rotatable bonds is 1. The zero-order valence-corrected chi connectivity index (χ0v) is 9.81. The molecule has 1 heterocycles. The molecule has 0 aliphatic heterocycles. The van der Waals surface area contributed by atoms with Gasteiger partial charge in [-0.05, 0) is 30.7 Å². The van der Waals surface area contributed by atoms with Crippen LogP contribution >= 0.6 is 0 Å². The average molecular weight is 240 g/mol. The van der Waals surface area contributed by atoms with Gasteiger partial charge in [0.25, 0.3) is 0 Å². The van der Waals surface area contributed by atoms with Gasteiger partial charge in [0.05, 0.1) is 11.0 Å². The fourth-order valence-corrected chi connectivity index (χ4v) is 1.89. The van der Waals surface area contributed by atoms with Gasteiger partial charge in [0.15, 0.2) is 0 Å². The lowest BCUT2D eigenvalue weighted by molar-refractivity contribution is 0.471. The molecule has 0 radical (unpaired) electrons. The van der Waals surface area contributed by atoms with Gasteiger partial charge in [0.2, 0.25) is 0 Å². The Morgan fingerprint density at radius 2 is 1.89 bits per heavy atom. The number of aromatic amines is 1. The highest BCUT2D eigenvalue weighted by Gasteiger charge is 2.07. The Balaban J connectivity index is 2.16. The second kappa shape index (κ2) is 3.77. The number of hydrogen-bond acceptors (Lipinski definition) is 3. The molecule has 0 aliphatic carbocycles. The molecule has 1 aromatic heterocycles. The van der Waals surface area contributed by atoms with Crippen LogP contribution in [0.4, 0.5) is 0 Å². The Hall–Kier alpha value is -2.49. The van der Waals surface area contributed by atoms with E-state index in [1.165, 1.54) is 0 Å². The predicted octanol–water partition coefficient (Wildman–Crippen LogP) is 2.95. The maximum Gasteiger partial charge on any atom is 0.138 e. The van der Waals surface area contributed by atoms with Crippen LogP contribution in [-0.2, 0) is 0 Å². The highest BCUT2D eigenvalue weighted by molar-refractivity contribution is 5.80. The van der Waals surface area contributed by atoms with Crippen LogP contribution in [0.2, 0.25) is 0 Å². The standard InChI is InChI=1S/C14H12N2O2/c1-8-2-3-9(6-13(8)18)14-15-11-5-4-10(17)7-12(11)16-14/h2-7,17-18H,1H3,(H,15,16). The zero-order chi connectivity index (χ0) is 12.7. The number of aryl methyl sites for hydroxylation is 1. The Morgan fingerprint density at radius 1 is 1.06 bits per heavy atom. The molecular weight excluding hydrogens is 228 g/mol. The van der Waals surface area contributed by atoms with Crippen molar-refractivity contribution in [2.75, 3.05) is 0 Å². The lowest BCUT2D eigenvalue weighted by atomic mass is 10.1. The molecule has 0 saturated heterocycles. The lowest BCUT2D eigenvalue weighted by Gasteiger charge is -2.00. The van der Waals surface area contributed by atoms with E-state index in [0.29, 0.717) is 5.82 Å². The number of benzene rings is 2. The van der Waals surface area contributed by atoms with E-state index >= 15 is 0 Å². The minimum Gasteiger partial charge on any atom is -0.508 e. The van der Waals surface area contributed by atoms with E-state index in [2.05, 4.69) is 9.97 Å². The van der Waals surface area contributed by atoms with Gasteiger partial charge in [-0.3, -0.25) is 0 Å². The van der Waals surface area contributed by atoms with Gasteiger partial charge in [0.1, 0.15) is 17.3 Å². The number of hydrogen-bond donors (Lipinski definition) is 3. The average Bonchev–Trinajstić information content (AvgIpc) is 2.75. The first-order chi connectivity index (χ1) is 8.63. The fourth-order valence-electron chi connectivity index (χ4n) is 1.89. The summed E-state index contributed by atoms with van der Waals surface area (Å²) in [6.45, 7) is 1.84. The van der Waals surface area contributed by atoms with Crippen molar-refractivity contribution in [3.63, 3.8) is 0 Å². The summed E-state index contributed by atoms with van der Waals surface area (Å²) in [6.07, 6.45) is 0. The molecule has 4 nitrogen and oxygen atoms in total. The van der Waals surface area contributed by atoms with Crippen molar-refractivity contribution in [3.05, 3.63) is 42.0 Å². The van der Waals surface area contributed by atoms with E-state index in [-0.39, 0.29) is 11.5 Å². The number of phenols is 2. The van der Waals surface area contributed by atoms with Crippen LogP contribution in [-0.4, -0.2) is 20.2 Å². The SMILES string of the molecule is Cc1ccc(-c2nc3ccc(O)cc3[nH]2)cc1O. The maximum atomic E-state index is 9.70. The number of H-pyrrole nitrogens is 1. The first kappa shape index (κ1) is 10.7. The zero-order valence-electron chi connectivity index (χ0n) is 9.81. The summed E-state index contributed by atoms with van der Waals surface area (Å²) in [6, 6.07) is 10.4. The largest absolute Gasteiger partial charge is 0.508 e. The molecule has 0 spiro atoms. The first-order valence-corrected chi connectivity index (χ1v) is 5.62. The summed E-state index contributed by atoms with van der Waals surface area (Å²) in [5, 5.41) is 19.1. The minimum atomic E-state index is 0.199. The maximum absolute atomic E-state index is 9.70. The second-order valence-corrected chi connectivity index (χ2v) is 4.29. The number of imidazole rings is 1. The van der Waals surface area contributed by atoms with Crippen LogP contribution < -0.4 is 0 Å². The van der Waals surface area contributed by atoms with Gasteiger partial charge in [0, 0.05) is 11.6 Å². The summed E-state index contributed by atoms with van der Waals surface area (Å²) >= 11 is 0. The molecule has 0 saturated carbocycles. The van der Waals surface area contributed by atoms with E-state index < -0.39 is 0 Å². The quantitative estimate of drug-likeness (QED) is 0.612.